The first-order valence-corrected chi connectivity index (χ1v) is 3.41. The molecule has 0 heterocycles. The smallest absolute Gasteiger partial charge is 0.206 e. The van der Waals surface area contributed by atoms with Gasteiger partial charge in [0.05, 0.1) is 5.56 Å². The summed E-state index contributed by atoms with van der Waals surface area (Å²) in [5.74, 6) is -1.28. The maximum absolute atomic E-state index is 12.5. The van der Waals surface area contributed by atoms with Crippen molar-refractivity contribution in [3.63, 3.8) is 0 Å². The van der Waals surface area contributed by atoms with Crippen molar-refractivity contribution < 1.29 is 17.6 Å². The number of thiol groups is 1. The monoisotopic (exact) mass is 196 g/mol. The third-order valence-electron chi connectivity index (χ3n) is 1.26. The molecular formula is C7H4F4S. The van der Waals surface area contributed by atoms with E-state index in [9.17, 15) is 17.6 Å². The molecule has 0 fully saturated rings. The highest BCUT2D eigenvalue weighted by Crippen LogP contribution is 2.32. The zero-order chi connectivity index (χ0) is 9.35. The largest absolute Gasteiger partial charge is 0.419 e. The summed E-state index contributed by atoms with van der Waals surface area (Å²) < 4.78 is 48.4. The van der Waals surface area contributed by atoms with Crippen molar-refractivity contribution in [1.29, 1.82) is 0 Å². The third kappa shape index (κ3) is 1.91. The normalized spacial score (nSPS) is 11.8. The van der Waals surface area contributed by atoms with Crippen molar-refractivity contribution >= 4 is 12.6 Å². The molecule has 0 spiro atoms. The Labute approximate surface area is 71.6 Å². The van der Waals surface area contributed by atoms with Crippen LogP contribution in [-0.4, -0.2) is 0 Å². The summed E-state index contributed by atoms with van der Waals surface area (Å²) in [6.45, 7) is 0. The standard InChI is InChI=1S/C7H4F4S/c8-6-2-1-4(12)3-5(6)7(9,10)11/h1-3,12H. The molecular weight excluding hydrogens is 192 g/mol. The zero-order valence-electron chi connectivity index (χ0n) is 5.69. The van der Waals surface area contributed by atoms with Crippen molar-refractivity contribution in [2.24, 2.45) is 0 Å². The minimum Gasteiger partial charge on any atom is -0.206 e. The molecule has 5 heteroatoms. The second-order valence-electron chi connectivity index (χ2n) is 2.16. The molecule has 0 aliphatic rings. The Morgan fingerprint density at radius 3 is 2.17 bits per heavy atom. The molecule has 0 aromatic heterocycles. The summed E-state index contributed by atoms with van der Waals surface area (Å²) >= 11 is 3.67. The molecule has 1 aromatic rings. The van der Waals surface area contributed by atoms with E-state index < -0.39 is 17.6 Å². The summed E-state index contributed by atoms with van der Waals surface area (Å²) in [4.78, 5) is 0.0868. The van der Waals surface area contributed by atoms with Gasteiger partial charge in [-0.25, -0.2) is 4.39 Å². The average molecular weight is 196 g/mol. The second-order valence-corrected chi connectivity index (χ2v) is 2.68. The van der Waals surface area contributed by atoms with Gasteiger partial charge >= 0.3 is 6.18 Å². The van der Waals surface area contributed by atoms with Gasteiger partial charge in [0, 0.05) is 4.90 Å². The lowest BCUT2D eigenvalue weighted by atomic mass is 10.2. The van der Waals surface area contributed by atoms with Crippen LogP contribution in [0.2, 0.25) is 0 Å². The zero-order valence-corrected chi connectivity index (χ0v) is 6.59. The first kappa shape index (κ1) is 9.38. The molecule has 12 heavy (non-hydrogen) atoms. The molecule has 0 nitrogen and oxygen atoms in total. The van der Waals surface area contributed by atoms with Crippen molar-refractivity contribution in [2.75, 3.05) is 0 Å². The molecule has 0 N–H and O–H groups in total. The lowest BCUT2D eigenvalue weighted by Crippen LogP contribution is -2.07. The predicted octanol–water partition coefficient (Wildman–Crippen LogP) is 3.13. The van der Waals surface area contributed by atoms with E-state index in [2.05, 4.69) is 12.6 Å². The number of hydrogen-bond donors (Lipinski definition) is 1. The van der Waals surface area contributed by atoms with Gasteiger partial charge in [0.2, 0.25) is 0 Å². The average Bonchev–Trinajstić information content (AvgIpc) is 1.92. The van der Waals surface area contributed by atoms with Gasteiger partial charge in [-0.05, 0) is 18.2 Å². The number of rotatable bonds is 0. The van der Waals surface area contributed by atoms with Crippen LogP contribution in [0.15, 0.2) is 23.1 Å². The Bertz CT molecular complexity index is 292. The Morgan fingerprint density at radius 1 is 1.17 bits per heavy atom. The highest BCUT2D eigenvalue weighted by atomic mass is 32.1. The Kier molecular flexibility index (Phi) is 2.32. The fourth-order valence-electron chi connectivity index (χ4n) is 0.730. The molecule has 0 atom stereocenters. The van der Waals surface area contributed by atoms with Crippen LogP contribution in [0, 0.1) is 5.82 Å². The van der Waals surface area contributed by atoms with Gasteiger partial charge in [0.15, 0.2) is 0 Å². The molecule has 0 radical (unpaired) electrons. The fraction of sp³-hybridized carbons (Fsp3) is 0.143. The van der Waals surface area contributed by atoms with Crippen LogP contribution < -0.4 is 0 Å². The molecule has 1 rings (SSSR count). The van der Waals surface area contributed by atoms with E-state index in [1.807, 2.05) is 0 Å². The van der Waals surface area contributed by atoms with Crippen LogP contribution in [0.1, 0.15) is 5.56 Å². The van der Waals surface area contributed by atoms with Crippen molar-refractivity contribution in [2.45, 2.75) is 11.1 Å². The third-order valence-corrected chi connectivity index (χ3v) is 1.53. The van der Waals surface area contributed by atoms with Gasteiger partial charge in [-0.3, -0.25) is 0 Å². The highest BCUT2D eigenvalue weighted by Gasteiger charge is 2.33. The molecule has 0 saturated carbocycles. The maximum Gasteiger partial charge on any atom is 0.419 e. The topological polar surface area (TPSA) is 0 Å². The van der Waals surface area contributed by atoms with Crippen LogP contribution in [-0.2, 0) is 6.18 Å². The van der Waals surface area contributed by atoms with E-state index in [0.717, 1.165) is 12.1 Å². The summed E-state index contributed by atoms with van der Waals surface area (Å²) in [5, 5.41) is 0. The molecule has 0 amide bonds. The molecule has 66 valence electrons. The first-order chi connectivity index (χ1) is 5.41. The first-order valence-electron chi connectivity index (χ1n) is 2.97. The van der Waals surface area contributed by atoms with E-state index in [1.54, 1.807) is 0 Å². The molecule has 0 bridgehead atoms. The Hall–Kier alpha value is -0.710. The van der Waals surface area contributed by atoms with Crippen molar-refractivity contribution in [1.82, 2.24) is 0 Å². The van der Waals surface area contributed by atoms with E-state index in [0.29, 0.717) is 6.07 Å². The van der Waals surface area contributed by atoms with Crippen LogP contribution in [0.4, 0.5) is 17.6 Å². The van der Waals surface area contributed by atoms with Gasteiger partial charge in [-0.2, -0.15) is 13.2 Å². The Balaban J connectivity index is 3.23. The summed E-state index contributed by atoms with van der Waals surface area (Å²) in [5.41, 5.74) is -1.28. The summed E-state index contributed by atoms with van der Waals surface area (Å²) in [6.07, 6.45) is -4.65. The summed E-state index contributed by atoms with van der Waals surface area (Å²) in [6, 6.07) is 2.55. The number of benzene rings is 1. The van der Waals surface area contributed by atoms with Crippen molar-refractivity contribution in [3.8, 4) is 0 Å². The highest BCUT2D eigenvalue weighted by molar-refractivity contribution is 7.80. The predicted molar refractivity (Wildman–Crippen MR) is 38.7 cm³/mol. The molecule has 0 unspecified atom stereocenters. The molecule has 0 aliphatic carbocycles. The lowest BCUT2D eigenvalue weighted by Gasteiger charge is -2.07. The van der Waals surface area contributed by atoms with E-state index in [-0.39, 0.29) is 4.90 Å². The number of hydrogen-bond acceptors (Lipinski definition) is 1. The van der Waals surface area contributed by atoms with Crippen LogP contribution >= 0.6 is 12.6 Å². The second kappa shape index (κ2) is 2.97. The van der Waals surface area contributed by atoms with Crippen molar-refractivity contribution in [3.05, 3.63) is 29.6 Å². The summed E-state index contributed by atoms with van der Waals surface area (Å²) in [7, 11) is 0. The minimum atomic E-state index is -4.65. The van der Waals surface area contributed by atoms with Gasteiger partial charge in [0.25, 0.3) is 0 Å². The lowest BCUT2D eigenvalue weighted by molar-refractivity contribution is -0.140. The SMILES string of the molecule is Fc1ccc(S)cc1C(F)(F)F. The fourth-order valence-corrected chi connectivity index (χ4v) is 0.934. The van der Waals surface area contributed by atoms with Crippen LogP contribution in [0.25, 0.3) is 0 Å². The van der Waals surface area contributed by atoms with Gasteiger partial charge in [0.1, 0.15) is 5.82 Å². The molecule has 1 aromatic carbocycles. The van der Waals surface area contributed by atoms with E-state index in [4.69, 9.17) is 0 Å². The molecule has 0 saturated heterocycles. The van der Waals surface area contributed by atoms with E-state index in [1.165, 1.54) is 0 Å². The minimum absolute atomic E-state index is 0.0868. The van der Waals surface area contributed by atoms with Gasteiger partial charge < -0.3 is 0 Å². The number of halogens is 4. The Morgan fingerprint density at radius 2 is 1.75 bits per heavy atom. The molecule has 0 aliphatic heterocycles. The number of alkyl halides is 3. The van der Waals surface area contributed by atoms with Gasteiger partial charge in [-0.1, -0.05) is 0 Å². The quantitative estimate of drug-likeness (QED) is 0.478. The van der Waals surface area contributed by atoms with Crippen LogP contribution in [0.5, 0.6) is 0 Å². The maximum atomic E-state index is 12.5. The van der Waals surface area contributed by atoms with Crippen LogP contribution in [0.3, 0.4) is 0 Å². The van der Waals surface area contributed by atoms with E-state index >= 15 is 0 Å². The van der Waals surface area contributed by atoms with Gasteiger partial charge in [-0.15, -0.1) is 12.6 Å².